The number of halogens is 1. The van der Waals surface area contributed by atoms with Crippen LogP contribution in [0.1, 0.15) is 5.82 Å². The Morgan fingerprint density at radius 2 is 1.68 bits per heavy atom. The fourth-order valence-electron chi connectivity index (χ4n) is 4.42. The molecule has 0 bridgehead atoms. The molecule has 9 heteroatoms. The number of hydrogen-bond acceptors (Lipinski definition) is 6. The first-order valence-corrected chi connectivity index (χ1v) is 12.1. The van der Waals surface area contributed by atoms with Crippen molar-refractivity contribution in [2.24, 2.45) is 0 Å². The number of aromatic nitrogens is 3. The standard InChI is InChI=1S/C28H28FN5O3/c1-36-23-5-3-4-20(16-23)25-19-34(22-8-6-21(29)7-9-22)27(31-25)18-28(35)33-14-12-32(13-15-33)26-17-24(37-2)10-11-30-26/h3-11,16-17,19H,12-15,18H2,1-2H3. The van der Waals surface area contributed by atoms with Crippen molar-refractivity contribution in [2.45, 2.75) is 6.42 Å². The van der Waals surface area contributed by atoms with Crippen molar-refractivity contribution in [1.29, 1.82) is 0 Å². The van der Waals surface area contributed by atoms with Crippen LogP contribution in [0.15, 0.2) is 73.1 Å². The predicted molar refractivity (Wildman–Crippen MR) is 139 cm³/mol. The van der Waals surface area contributed by atoms with Crippen LogP contribution in [0.2, 0.25) is 0 Å². The number of rotatable bonds is 7. The first-order valence-electron chi connectivity index (χ1n) is 12.1. The molecule has 0 unspecified atom stereocenters. The topological polar surface area (TPSA) is 72.7 Å². The van der Waals surface area contributed by atoms with Crippen LogP contribution in [0.25, 0.3) is 16.9 Å². The van der Waals surface area contributed by atoms with E-state index < -0.39 is 0 Å². The minimum absolute atomic E-state index is 0.00981. The number of carbonyl (C=O) groups is 1. The molecule has 0 radical (unpaired) electrons. The number of anilines is 1. The summed E-state index contributed by atoms with van der Waals surface area (Å²) in [6, 6.07) is 17.5. The van der Waals surface area contributed by atoms with E-state index in [0.29, 0.717) is 37.7 Å². The van der Waals surface area contributed by atoms with E-state index in [1.54, 1.807) is 32.5 Å². The molecule has 0 aliphatic carbocycles. The van der Waals surface area contributed by atoms with Crippen LogP contribution in [0.3, 0.4) is 0 Å². The summed E-state index contributed by atoms with van der Waals surface area (Å²) in [4.78, 5) is 26.6. The van der Waals surface area contributed by atoms with Crippen molar-refractivity contribution in [3.63, 3.8) is 0 Å². The van der Waals surface area contributed by atoms with Gasteiger partial charge in [0.1, 0.15) is 29.0 Å². The summed E-state index contributed by atoms with van der Waals surface area (Å²) in [6.45, 7) is 2.51. The Morgan fingerprint density at radius 1 is 0.946 bits per heavy atom. The Kier molecular flexibility index (Phi) is 7.02. The fourth-order valence-corrected chi connectivity index (χ4v) is 4.42. The van der Waals surface area contributed by atoms with Gasteiger partial charge >= 0.3 is 0 Å². The van der Waals surface area contributed by atoms with Crippen LogP contribution < -0.4 is 14.4 Å². The summed E-state index contributed by atoms with van der Waals surface area (Å²) in [5, 5.41) is 0. The molecule has 0 N–H and O–H groups in total. The molecule has 190 valence electrons. The molecule has 1 aliphatic rings. The molecular weight excluding hydrogens is 473 g/mol. The molecule has 2 aromatic carbocycles. The van der Waals surface area contributed by atoms with Crippen molar-refractivity contribution < 1.29 is 18.7 Å². The second-order valence-electron chi connectivity index (χ2n) is 8.72. The molecule has 1 fully saturated rings. The predicted octanol–water partition coefficient (Wildman–Crippen LogP) is 3.98. The lowest BCUT2D eigenvalue weighted by atomic mass is 10.1. The largest absolute Gasteiger partial charge is 0.497 e. The lowest BCUT2D eigenvalue weighted by Gasteiger charge is -2.35. The second-order valence-corrected chi connectivity index (χ2v) is 8.72. The van der Waals surface area contributed by atoms with Crippen LogP contribution in [0.5, 0.6) is 11.5 Å². The molecule has 1 amide bonds. The van der Waals surface area contributed by atoms with Gasteiger partial charge in [-0.3, -0.25) is 4.79 Å². The van der Waals surface area contributed by atoms with E-state index in [2.05, 4.69) is 9.88 Å². The zero-order chi connectivity index (χ0) is 25.8. The van der Waals surface area contributed by atoms with Crippen molar-refractivity contribution in [3.8, 4) is 28.4 Å². The SMILES string of the molecule is COc1cccc(-c2cn(-c3ccc(F)cc3)c(CC(=O)N3CCN(c4cc(OC)ccn4)CC3)n2)c1. The highest BCUT2D eigenvalue weighted by Crippen LogP contribution is 2.26. The van der Waals surface area contributed by atoms with Crippen molar-refractivity contribution in [1.82, 2.24) is 19.4 Å². The third-order valence-corrected chi connectivity index (χ3v) is 6.47. The summed E-state index contributed by atoms with van der Waals surface area (Å²) >= 11 is 0. The fraction of sp³-hybridized carbons (Fsp3) is 0.250. The average Bonchev–Trinajstić information content (AvgIpc) is 3.37. The Hall–Kier alpha value is -4.40. The van der Waals surface area contributed by atoms with E-state index in [1.807, 2.05) is 52.1 Å². The summed E-state index contributed by atoms with van der Waals surface area (Å²) in [5.74, 6) is 2.56. The smallest absolute Gasteiger partial charge is 0.230 e. The van der Waals surface area contributed by atoms with Crippen molar-refractivity contribution in [2.75, 3.05) is 45.3 Å². The zero-order valence-electron chi connectivity index (χ0n) is 20.8. The van der Waals surface area contributed by atoms with Gasteiger partial charge in [0.15, 0.2) is 0 Å². The minimum Gasteiger partial charge on any atom is -0.497 e. The van der Waals surface area contributed by atoms with Crippen LogP contribution in [0, 0.1) is 5.82 Å². The van der Waals surface area contributed by atoms with Gasteiger partial charge in [0.2, 0.25) is 5.91 Å². The summed E-state index contributed by atoms with van der Waals surface area (Å²) in [6.07, 6.45) is 3.72. The summed E-state index contributed by atoms with van der Waals surface area (Å²) in [7, 11) is 3.25. The molecule has 5 rings (SSSR count). The first kappa shape index (κ1) is 24.3. The van der Waals surface area contributed by atoms with Crippen molar-refractivity contribution >= 4 is 11.7 Å². The minimum atomic E-state index is -0.321. The van der Waals surface area contributed by atoms with E-state index >= 15 is 0 Å². The Labute approximate surface area is 214 Å². The maximum absolute atomic E-state index is 13.6. The third-order valence-electron chi connectivity index (χ3n) is 6.47. The lowest BCUT2D eigenvalue weighted by Crippen LogP contribution is -2.49. The monoisotopic (exact) mass is 501 g/mol. The molecule has 8 nitrogen and oxygen atoms in total. The van der Waals surface area contributed by atoms with E-state index in [4.69, 9.17) is 14.5 Å². The Bertz CT molecular complexity index is 1380. The number of imidazole rings is 1. The van der Waals surface area contributed by atoms with Gasteiger partial charge in [-0.1, -0.05) is 12.1 Å². The maximum atomic E-state index is 13.6. The molecule has 2 aromatic heterocycles. The Morgan fingerprint density at radius 3 is 2.41 bits per heavy atom. The normalized spacial score (nSPS) is 13.5. The van der Waals surface area contributed by atoms with Gasteiger partial charge in [-0.2, -0.15) is 0 Å². The molecule has 3 heterocycles. The van der Waals surface area contributed by atoms with Crippen LogP contribution in [-0.2, 0) is 11.2 Å². The number of methoxy groups -OCH3 is 2. The highest BCUT2D eigenvalue weighted by molar-refractivity contribution is 5.79. The van der Waals surface area contributed by atoms with E-state index in [0.717, 1.165) is 28.6 Å². The number of ether oxygens (including phenoxy) is 2. The van der Waals surface area contributed by atoms with Crippen LogP contribution in [-0.4, -0.2) is 65.7 Å². The Balaban J connectivity index is 1.35. The quantitative estimate of drug-likeness (QED) is 0.382. The average molecular weight is 502 g/mol. The van der Waals surface area contributed by atoms with E-state index in [-0.39, 0.29) is 18.1 Å². The molecule has 0 spiro atoms. The van der Waals surface area contributed by atoms with E-state index in [1.165, 1.54) is 12.1 Å². The van der Waals surface area contributed by atoms with Crippen molar-refractivity contribution in [3.05, 3.63) is 84.7 Å². The molecule has 4 aromatic rings. The maximum Gasteiger partial charge on any atom is 0.230 e. The van der Waals surface area contributed by atoms with Gasteiger partial charge in [0, 0.05) is 55.9 Å². The lowest BCUT2D eigenvalue weighted by molar-refractivity contribution is -0.130. The summed E-state index contributed by atoms with van der Waals surface area (Å²) < 4.78 is 26.1. The number of amides is 1. The highest BCUT2D eigenvalue weighted by Gasteiger charge is 2.24. The van der Waals surface area contributed by atoms with Gasteiger partial charge in [0.25, 0.3) is 0 Å². The number of nitrogens with zero attached hydrogens (tertiary/aromatic N) is 5. The molecule has 0 saturated carbocycles. The van der Waals surface area contributed by atoms with Gasteiger partial charge in [-0.15, -0.1) is 0 Å². The second kappa shape index (κ2) is 10.7. The molecular formula is C28H28FN5O3. The highest BCUT2D eigenvalue weighted by atomic mass is 19.1. The van der Waals surface area contributed by atoms with Gasteiger partial charge in [-0.25, -0.2) is 14.4 Å². The number of carbonyl (C=O) groups excluding carboxylic acids is 1. The van der Waals surface area contributed by atoms with Gasteiger partial charge in [0.05, 0.1) is 26.3 Å². The van der Waals surface area contributed by atoms with Crippen LogP contribution in [0.4, 0.5) is 10.2 Å². The third kappa shape index (κ3) is 5.40. The zero-order valence-corrected chi connectivity index (χ0v) is 20.8. The molecule has 37 heavy (non-hydrogen) atoms. The van der Waals surface area contributed by atoms with Gasteiger partial charge < -0.3 is 23.8 Å². The number of piperazine rings is 1. The van der Waals surface area contributed by atoms with E-state index in [9.17, 15) is 9.18 Å². The van der Waals surface area contributed by atoms with Gasteiger partial charge in [-0.05, 0) is 42.5 Å². The first-order chi connectivity index (χ1) is 18.0. The summed E-state index contributed by atoms with van der Waals surface area (Å²) in [5.41, 5.74) is 2.31. The van der Waals surface area contributed by atoms with Crippen LogP contribution >= 0.6 is 0 Å². The molecule has 0 atom stereocenters. The molecule has 1 saturated heterocycles. The number of pyridine rings is 1. The molecule has 1 aliphatic heterocycles. The number of benzene rings is 2. The number of hydrogen-bond donors (Lipinski definition) is 0.